The number of rotatable bonds is 4. The second-order valence-corrected chi connectivity index (χ2v) is 7.43. The predicted molar refractivity (Wildman–Crippen MR) is 81.0 cm³/mol. The molecule has 3 fully saturated rings. The van der Waals surface area contributed by atoms with Crippen molar-refractivity contribution in [1.29, 1.82) is 0 Å². The third-order valence-electron chi connectivity index (χ3n) is 7.15. The summed E-state index contributed by atoms with van der Waals surface area (Å²) in [7, 11) is 1.55. The van der Waals surface area contributed by atoms with E-state index in [9.17, 15) is 15.3 Å². The number of aliphatic hydroxyl groups excluding tert-OH is 2. The van der Waals surface area contributed by atoms with Gasteiger partial charge in [-0.15, -0.1) is 6.58 Å². The summed E-state index contributed by atoms with van der Waals surface area (Å²) < 4.78 is 11.6. The zero-order chi connectivity index (χ0) is 16.6. The molecule has 3 aliphatic carbocycles. The number of hydrogen-bond acceptors (Lipinski definition) is 5. The Morgan fingerprint density at radius 2 is 2.00 bits per heavy atom. The molecule has 0 spiro atoms. The molecule has 8 atom stereocenters. The van der Waals surface area contributed by atoms with Crippen LogP contribution < -0.4 is 0 Å². The maximum Gasteiger partial charge on any atom is 0.211 e. The first kappa shape index (κ1) is 16.4. The predicted octanol–water partition coefficient (Wildman–Crippen LogP) is 1.07. The monoisotopic (exact) mass is 312 g/mol. The van der Waals surface area contributed by atoms with Gasteiger partial charge >= 0.3 is 0 Å². The number of methoxy groups -OCH3 is 1. The molecule has 0 aromatic carbocycles. The molecule has 0 aromatic rings. The largest absolute Gasteiger partial charge is 0.390 e. The summed E-state index contributed by atoms with van der Waals surface area (Å²) in [5, 5.41) is 32.3. The lowest BCUT2D eigenvalue weighted by Gasteiger charge is -2.52. The van der Waals surface area contributed by atoms with Crippen molar-refractivity contribution in [3.05, 3.63) is 12.7 Å². The van der Waals surface area contributed by atoms with Crippen molar-refractivity contribution < 1.29 is 24.8 Å². The first-order valence-electron chi connectivity index (χ1n) is 8.15. The summed E-state index contributed by atoms with van der Waals surface area (Å²) in [4.78, 5) is 0. The highest BCUT2D eigenvalue weighted by Crippen LogP contribution is 2.85. The summed E-state index contributed by atoms with van der Waals surface area (Å²) in [6.45, 7) is 10.2. The van der Waals surface area contributed by atoms with Crippen LogP contribution in [0.3, 0.4) is 0 Å². The summed E-state index contributed by atoms with van der Waals surface area (Å²) in [5.41, 5.74) is -2.60. The van der Waals surface area contributed by atoms with Gasteiger partial charge in [0.25, 0.3) is 0 Å². The second kappa shape index (κ2) is 4.54. The maximum absolute atomic E-state index is 11.7. The van der Waals surface area contributed by atoms with Gasteiger partial charge in [0.1, 0.15) is 5.60 Å². The Labute approximate surface area is 131 Å². The molecule has 3 N–H and O–H groups in total. The van der Waals surface area contributed by atoms with Gasteiger partial charge in [-0.1, -0.05) is 19.9 Å². The molecule has 0 heterocycles. The molecule has 1 unspecified atom stereocenters. The zero-order valence-electron chi connectivity index (χ0n) is 13.9. The smallest absolute Gasteiger partial charge is 0.211 e. The van der Waals surface area contributed by atoms with Crippen molar-refractivity contribution >= 4 is 0 Å². The van der Waals surface area contributed by atoms with Crippen molar-refractivity contribution in [2.75, 3.05) is 13.7 Å². The molecule has 0 saturated heterocycles. The fourth-order valence-corrected chi connectivity index (χ4v) is 5.92. The number of ether oxygens (including phenoxy) is 2. The van der Waals surface area contributed by atoms with Gasteiger partial charge in [0.2, 0.25) is 5.79 Å². The van der Waals surface area contributed by atoms with E-state index >= 15 is 0 Å². The first-order valence-corrected chi connectivity index (χ1v) is 8.15. The normalized spacial score (nSPS) is 59.8. The molecule has 3 aliphatic rings. The molecule has 3 saturated carbocycles. The summed E-state index contributed by atoms with van der Waals surface area (Å²) in [5.74, 6) is -1.30. The third kappa shape index (κ3) is 1.28. The van der Waals surface area contributed by atoms with Crippen LogP contribution in [0.15, 0.2) is 12.7 Å². The van der Waals surface area contributed by atoms with Crippen molar-refractivity contribution in [1.82, 2.24) is 0 Å². The highest BCUT2D eigenvalue weighted by Gasteiger charge is 2.98. The fourth-order valence-electron chi connectivity index (χ4n) is 5.92. The van der Waals surface area contributed by atoms with Gasteiger partial charge in [0.05, 0.1) is 17.6 Å². The van der Waals surface area contributed by atoms with Gasteiger partial charge in [-0.2, -0.15) is 0 Å². The minimum absolute atomic E-state index is 0.0280. The lowest BCUT2D eigenvalue weighted by atomic mass is 9.57. The number of hydrogen-bond donors (Lipinski definition) is 3. The maximum atomic E-state index is 11.7. The first-order chi connectivity index (χ1) is 10.2. The van der Waals surface area contributed by atoms with Gasteiger partial charge in [-0.3, -0.25) is 0 Å². The van der Waals surface area contributed by atoms with E-state index in [0.717, 1.165) is 0 Å². The van der Waals surface area contributed by atoms with Crippen LogP contribution in [-0.2, 0) is 9.47 Å². The topological polar surface area (TPSA) is 79.2 Å². The van der Waals surface area contributed by atoms with Crippen LogP contribution in [0.2, 0.25) is 0 Å². The summed E-state index contributed by atoms with van der Waals surface area (Å²) >= 11 is 0. The Kier molecular flexibility index (Phi) is 3.39. The van der Waals surface area contributed by atoms with Crippen LogP contribution in [0.1, 0.15) is 33.6 Å². The van der Waals surface area contributed by atoms with E-state index in [1.807, 2.05) is 20.8 Å². The minimum Gasteiger partial charge on any atom is -0.390 e. The fraction of sp³-hybridized carbons (Fsp3) is 0.882. The Morgan fingerprint density at radius 1 is 1.36 bits per heavy atom. The van der Waals surface area contributed by atoms with Crippen LogP contribution in [-0.4, -0.2) is 52.6 Å². The molecule has 0 amide bonds. The van der Waals surface area contributed by atoms with Crippen LogP contribution in [0.4, 0.5) is 0 Å². The van der Waals surface area contributed by atoms with Crippen molar-refractivity contribution in [2.45, 2.75) is 57.2 Å². The van der Waals surface area contributed by atoms with Crippen LogP contribution in [0, 0.1) is 22.7 Å². The van der Waals surface area contributed by atoms with E-state index in [-0.39, 0.29) is 11.8 Å². The SMILES string of the molecule is C=C[C@]12C[C@@H]3[C@H](O)[C@H](O)C[C@@H](C)[C@]3(C)[C@]1(O)C2(OC)OCC. The Balaban J connectivity index is 2.14. The van der Waals surface area contributed by atoms with Gasteiger partial charge in [0, 0.05) is 19.1 Å². The van der Waals surface area contributed by atoms with Crippen LogP contribution in [0.25, 0.3) is 0 Å². The molecule has 0 aliphatic heterocycles. The standard InChI is InChI=1S/C17H28O5/c1-6-15-9-11-13(19)12(18)8-10(3)14(11,4)16(15,20)17(15,21-5)22-7-2/h6,10-13,18-20H,1,7-9H2,2-5H3/t10-,11-,12-,13+,14+,15+,16-,17?/m1/s1. The molecule has 126 valence electrons. The average molecular weight is 312 g/mol. The average Bonchev–Trinajstić information content (AvgIpc) is 2.85. The molecule has 0 bridgehead atoms. The Hall–Kier alpha value is -0.460. The summed E-state index contributed by atoms with van der Waals surface area (Å²) in [6, 6.07) is 0. The lowest BCUT2D eigenvalue weighted by Crippen LogP contribution is -2.59. The summed E-state index contributed by atoms with van der Waals surface area (Å²) in [6.07, 6.45) is 1.09. The molecule has 5 nitrogen and oxygen atoms in total. The van der Waals surface area contributed by atoms with Crippen LogP contribution in [0.5, 0.6) is 0 Å². The molecular formula is C17H28O5. The van der Waals surface area contributed by atoms with Gasteiger partial charge in [0.15, 0.2) is 0 Å². The number of aliphatic hydroxyl groups is 3. The van der Waals surface area contributed by atoms with E-state index in [1.165, 1.54) is 0 Å². The highest BCUT2D eigenvalue weighted by molar-refractivity contribution is 5.47. The lowest BCUT2D eigenvalue weighted by molar-refractivity contribution is -0.254. The van der Waals surface area contributed by atoms with Gasteiger partial charge in [-0.25, -0.2) is 0 Å². The van der Waals surface area contributed by atoms with Crippen molar-refractivity contribution in [3.63, 3.8) is 0 Å². The number of fused-ring (bicyclic) bond motifs is 3. The van der Waals surface area contributed by atoms with Crippen molar-refractivity contribution in [2.24, 2.45) is 22.7 Å². The van der Waals surface area contributed by atoms with Gasteiger partial charge in [-0.05, 0) is 31.6 Å². The van der Waals surface area contributed by atoms with E-state index < -0.39 is 34.4 Å². The van der Waals surface area contributed by atoms with E-state index in [1.54, 1.807) is 13.2 Å². The van der Waals surface area contributed by atoms with E-state index in [2.05, 4.69) is 6.58 Å². The zero-order valence-corrected chi connectivity index (χ0v) is 13.9. The minimum atomic E-state index is -1.25. The molecule has 5 heteroatoms. The van der Waals surface area contributed by atoms with E-state index in [4.69, 9.17) is 9.47 Å². The molecule has 0 aromatic heterocycles. The molecular weight excluding hydrogens is 284 g/mol. The van der Waals surface area contributed by atoms with Crippen LogP contribution >= 0.6 is 0 Å². The highest BCUT2D eigenvalue weighted by atomic mass is 16.7. The molecule has 0 radical (unpaired) electrons. The van der Waals surface area contributed by atoms with Crippen molar-refractivity contribution in [3.8, 4) is 0 Å². The van der Waals surface area contributed by atoms with Gasteiger partial charge < -0.3 is 24.8 Å². The van der Waals surface area contributed by atoms with E-state index in [0.29, 0.717) is 19.4 Å². The Morgan fingerprint density at radius 3 is 2.50 bits per heavy atom. The second-order valence-electron chi connectivity index (χ2n) is 7.43. The third-order valence-corrected chi connectivity index (χ3v) is 7.15. The molecule has 3 rings (SSSR count). The Bertz CT molecular complexity index is 495. The quantitative estimate of drug-likeness (QED) is 0.534. The molecule has 22 heavy (non-hydrogen) atoms.